The first kappa shape index (κ1) is 20.6. The first-order valence-corrected chi connectivity index (χ1v) is 9.01. The van der Waals surface area contributed by atoms with Crippen molar-refractivity contribution < 1.29 is 19.1 Å². The Bertz CT molecular complexity index is 806. The van der Waals surface area contributed by atoms with Gasteiger partial charge in [-0.3, -0.25) is 9.59 Å². The predicted octanol–water partition coefficient (Wildman–Crippen LogP) is 4.74. The van der Waals surface area contributed by atoms with E-state index in [2.05, 4.69) is 17.6 Å². The van der Waals surface area contributed by atoms with Crippen LogP contribution in [0.1, 0.15) is 37.0 Å². The predicted molar refractivity (Wildman–Crippen MR) is 107 cm³/mol. The minimum atomic E-state index is -0.331. The third-order valence-corrected chi connectivity index (χ3v) is 3.98. The monoisotopic (exact) mass is 390 g/mol. The van der Waals surface area contributed by atoms with Crippen LogP contribution in [0.2, 0.25) is 5.02 Å². The van der Waals surface area contributed by atoms with Crippen molar-refractivity contribution in [2.75, 3.05) is 24.4 Å². The zero-order chi connectivity index (χ0) is 19.8. The summed E-state index contributed by atoms with van der Waals surface area (Å²) in [5.41, 5.74) is 1.59. The number of ether oxygens (including phenoxy) is 2. The summed E-state index contributed by atoms with van der Waals surface area (Å²) in [5, 5.41) is 5.77. The molecule has 2 amide bonds. The van der Waals surface area contributed by atoms with Gasteiger partial charge in [0.05, 0.1) is 18.7 Å². The normalized spacial score (nSPS) is 10.2. The summed E-state index contributed by atoms with van der Waals surface area (Å²) in [5.74, 6) is 0.353. The molecule has 0 aromatic heterocycles. The van der Waals surface area contributed by atoms with Crippen molar-refractivity contribution in [3.63, 3.8) is 0 Å². The molecule has 2 rings (SSSR count). The fourth-order valence-corrected chi connectivity index (χ4v) is 2.62. The topological polar surface area (TPSA) is 76.7 Å². The van der Waals surface area contributed by atoms with Crippen molar-refractivity contribution in [1.29, 1.82) is 0 Å². The van der Waals surface area contributed by atoms with E-state index < -0.39 is 0 Å². The van der Waals surface area contributed by atoms with E-state index in [-0.39, 0.29) is 11.8 Å². The number of rotatable bonds is 8. The van der Waals surface area contributed by atoms with Gasteiger partial charge in [-0.25, -0.2) is 0 Å². The molecule has 0 bridgehead atoms. The minimum absolute atomic E-state index is 0.158. The summed E-state index contributed by atoms with van der Waals surface area (Å²) in [6, 6.07) is 9.94. The van der Waals surface area contributed by atoms with Crippen molar-refractivity contribution in [3.05, 3.63) is 47.0 Å². The summed E-state index contributed by atoms with van der Waals surface area (Å²) in [6.45, 7) is 4.03. The maximum absolute atomic E-state index is 12.5. The molecule has 2 aromatic carbocycles. The molecule has 0 aliphatic rings. The average Bonchev–Trinajstić information content (AvgIpc) is 2.64. The number of anilines is 2. The minimum Gasteiger partial charge on any atom is -0.493 e. The van der Waals surface area contributed by atoms with Gasteiger partial charge in [0.2, 0.25) is 5.91 Å². The molecule has 0 saturated heterocycles. The first-order chi connectivity index (χ1) is 12.9. The van der Waals surface area contributed by atoms with Gasteiger partial charge in [0.1, 0.15) is 0 Å². The fraction of sp³-hybridized carbons (Fsp3) is 0.300. The maximum Gasteiger partial charge on any atom is 0.255 e. The van der Waals surface area contributed by atoms with Crippen molar-refractivity contribution in [2.45, 2.75) is 26.7 Å². The molecule has 0 heterocycles. The zero-order valence-electron chi connectivity index (χ0n) is 15.6. The van der Waals surface area contributed by atoms with Gasteiger partial charge in [0.25, 0.3) is 5.91 Å². The molecule has 2 aromatic rings. The Morgan fingerprint density at radius 1 is 1.07 bits per heavy atom. The second-order valence-corrected chi connectivity index (χ2v) is 6.31. The van der Waals surface area contributed by atoms with Crippen LogP contribution in [-0.2, 0) is 4.79 Å². The van der Waals surface area contributed by atoms with Crippen LogP contribution in [0.5, 0.6) is 11.5 Å². The van der Waals surface area contributed by atoms with Crippen molar-refractivity contribution in [2.24, 2.45) is 0 Å². The molecule has 2 N–H and O–H groups in total. The second-order valence-electron chi connectivity index (χ2n) is 5.90. The highest BCUT2D eigenvalue weighted by atomic mass is 35.5. The number of halogens is 1. The van der Waals surface area contributed by atoms with Crippen LogP contribution in [-0.4, -0.2) is 25.5 Å². The van der Waals surface area contributed by atoms with Crippen molar-refractivity contribution >= 4 is 34.8 Å². The molecular formula is C20H23ClN2O4. The average molecular weight is 391 g/mol. The van der Waals surface area contributed by atoms with Gasteiger partial charge >= 0.3 is 0 Å². The van der Waals surface area contributed by atoms with Crippen LogP contribution < -0.4 is 20.1 Å². The lowest BCUT2D eigenvalue weighted by Crippen LogP contribution is -2.13. The van der Waals surface area contributed by atoms with E-state index in [4.69, 9.17) is 21.1 Å². The van der Waals surface area contributed by atoms with Gasteiger partial charge in [-0.15, -0.1) is 0 Å². The van der Waals surface area contributed by atoms with Gasteiger partial charge in [0, 0.05) is 23.9 Å². The van der Waals surface area contributed by atoms with E-state index in [1.807, 2.05) is 0 Å². The highest BCUT2D eigenvalue weighted by Gasteiger charge is 2.16. The Morgan fingerprint density at radius 2 is 1.70 bits per heavy atom. The largest absolute Gasteiger partial charge is 0.493 e. The van der Waals surface area contributed by atoms with E-state index in [1.54, 1.807) is 36.4 Å². The summed E-state index contributed by atoms with van der Waals surface area (Å²) >= 11 is 6.28. The van der Waals surface area contributed by atoms with Gasteiger partial charge in [-0.05, 0) is 42.8 Å². The van der Waals surface area contributed by atoms with Crippen LogP contribution in [0.3, 0.4) is 0 Å². The third kappa shape index (κ3) is 5.89. The van der Waals surface area contributed by atoms with E-state index in [0.29, 0.717) is 40.1 Å². The zero-order valence-corrected chi connectivity index (χ0v) is 16.4. The van der Waals surface area contributed by atoms with E-state index >= 15 is 0 Å². The number of hydrogen-bond acceptors (Lipinski definition) is 4. The van der Waals surface area contributed by atoms with Crippen LogP contribution in [0.15, 0.2) is 36.4 Å². The first-order valence-electron chi connectivity index (χ1n) is 8.64. The SMILES string of the molecule is CCCCOc1c(Cl)cc(C(=O)Nc2ccc(NC(C)=O)cc2)cc1OC. The molecule has 0 spiro atoms. The maximum atomic E-state index is 12.5. The van der Waals surface area contributed by atoms with E-state index in [1.165, 1.54) is 14.0 Å². The Morgan fingerprint density at radius 3 is 2.26 bits per heavy atom. The molecule has 0 fully saturated rings. The van der Waals surface area contributed by atoms with E-state index in [0.717, 1.165) is 12.8 Å². The third-order valence-electron chi connectivity index (χ3n) is 3.70. The molecular weight excluding hydrogens is 368 g/mol. The van der Waals surface area contributed by atoms with Crippen molar-refractivity contribution in [1.82, 2.24) is 0 Å². The molecule has 144 valence electrons. The number of nitrogens with one attached hydrogen (secondary N) is 2. The Kier molecular flexibility index (Phi) is 7.49. The number of benzene rings is 2. The van der Waals surface area contributed by atoms with Gasteiger partial charge < -0.3 is 20.1 Å². The summed E-state index contributed by atoms with van der Waals surface area (Å²) in [6.07, 6.45) is 1.90. The van der Waals surface area contributed by atoms with Crippen molar-refractivity contribution in [3.8, 4) is 11.5 Å². The Balaban J connectivity index is 2.13. The number of carbonyl (C=O) groups excluding carboxylic acids is 2. The smallest absolute Gasteiger partial charge is 0.255 e. The Labute approximate surface area is 163 Å². The summed E-state index contributed by atoms with van der Waals surface area (Å²) in [7, 11) is 1.50. The molecule has 0 aliphatic heterocycles. The molecule has 0 atom stereocenters. The number of unbranched alkanes of at least 4 members (excludes halogenated alkanes) is 1. The lowest BCUT2D eigenvalue weighted by atomic mass is 10.1. The lowest BCUT2D eigenvalue weighted by Gasteiger charge is -2.14. The lowest BCUT2D eigenvalue weighted by molar-refractivity contribution is -0.114. The summed E-state index contributed by atoms with van der Waals surface area (Å²) in [4.78, 5) is 23.6. The highest BCUT2D eigenvalue weighted by Crippen LogP contribution is 2.36. The molecule has 6 nitrogen and oxygen atoms in total. The number of carbonyl (C=O) groups is 2. The highest BCUT2D eigenvalue weighted by molar-refractivity contribution is 6.32. The second kappa shape index (κ2) is 9.83. The van der Waals surface area contributed by atoms with Gasteiger partial charge in [-0.2, -0.15) is 0 Å². The molecule has 0 radical (unpaired) electrons. The standard InChI is InChI=1S/C20H23ClN2O4/c1-4-5-10-27-19-17(21)11-14(12-18(19)26-3)20(25)23-16-8-6-15(7-9-16)22-13(2)24/h6-9,11-12H,4-5,10H2,1-3H3,(H,22,24)(H,23,25). The molecule has 0 saturated carbocycles. The van der Waals surface area contributed by atoms with Gasteiger partial charge in [0.15, 0.2) is 11.5 Å². The number of amides is 2. The van der Waals surface area contributed by atoms with Crippen LogP contribution >= 0.6 is 11.6 Å². The van der Waals surface area contributed by atoms with Gasteiger partial charge in [-0.1, -0.05) is 24.9 Å². The van der Waals surface area contributed by atoms with E-state index in [9.17, 15) is 9.59 Å². The fourth-order valence-electron chi connectivity index (χ4n) is 2.35. The van der Waals surface area contributed by atoms with Crippen LogP contribution in [0.25, 0.3) is 0 Å². The van der Waals surface area contributed by atoms with Crippen LogP contribution in [0, 0.1) is 0 Å². The molecule has 7 heteroatoms. The van der Waals surface area contributed by atoms with Crippen LogP contribution in [0.4, 0.5) is 11.4 Å². The Hall–Kier alpha value is -2.73. The number of methoxy groups -OCH3 is 1. The molecule has 27 heavy (non-hydrogen) atoms. The number of hydrogen-bond donors (Lipinski definition) is 2. The quantitative estimate of drug-likeness (QED) is 0.638. The molecule has 0 unspecified atom stereocenters. The summed E-state index contributed by atoms with van der Waals surface area (Å²) < 4.78 is 11.0. The molecule has 0 aliphatic carbocycles.